The molecule has 0 fully saturated rings. The van der Waals surface area contributed by atoms with Gasteiger partial charge in [-0.1, -0.05) is 6.07 Å². The topological polar surface area (TPSA) is 77.2 Å². The van der Waals surface area contributed by atoms with Crippen LogP contribution in [-0.4, -0.2) is 27.6 Å². The lowest BCUT2D eigenvalue weighted by Crippen LogP contribution is -2.19. The summed E-state index contributed by atoms with van der Waals surface area (Å²) >= 11 is 0. The Kier molecular flexibility index (Phi) is 3.32. The van der Waals surface area contributed by atoms with E-state index in [-0.39, 0.29) is 23.9 Å². The van der Waals surface area contributed by atoms with Crippen molar-refractivity contribution in [2.24, 2.45) is 0 Å². The number of nitrogens with zero attached hydrogens (tertiary/aromatic N) is 4. The molecule has 7 heteroatoms. The van der Waals surface area contributed by atoms with Gasteiger partial charge in [-0.25, -0.2) is 4.39 Å². The van der Waals surface area contributed by atoms with E-state index >= 15 is 0 Å². The third-order valence-corrected chi connectivity index (χ3v) is 3.15. The first-order chi connectivity index (χ1) is 10.0. The number of fused-ring (bicyclic) bond motifs is 1. The van der Waals surface area contributed by atoms with Gasteiger partial charge in [0.1, 0.15) is 5.82 Å². The predicted octanol–water partition coefficient (Wildman–Crippen LogP) is 2.07. The minimum absolute atomic E-state index is 0.0667. The summed E-state index contributed by atoms with van der Waals surface area (Å²) in [7, 11) is 0. The largest absolute Gasteiger partial charge is 0.461 e. The van der Waals surface area contributed by atoms with Crippen molar-refractivity contribution in [3.05, 3.63) is 29.6 Å². The Morgan fingerprint density at radius 2 is 2.10 bits per heavy atom. The fraction of sp³-hybridized carbons (Fsp3) is 0.357. The summed E-state index contributed by atoms with van der Waals surface area (Å²) in [5.74, 6) is 0.171. The van der Waals surface area contributed by atoms with Crippen molar-refractivity contribution in [3.63, 3.8) is 0 Å². The van der Waals surface area contributed by atoms with E-state index in [4.69, 9.17) is 10.5 Å². The molecule has 6 nitrogen and oxygen atoms in total. The molecule has 0 unspecified atom stereocenters. The van der Waals surface area contributed by atoms with Crippen molar-refractivity contribution in [3.8, 4) is 6.01 Å². The van der Waals surface area contributed by atoms with E-state index in [1.807, 2.05) is 18.7 Å². The smallest absolute Gasteiger partial charge is 0.323 e. The number of aromatic nitrogens is 3. The lowest BCUT2D eigenvalue weighted by Gasteiger charge is -2.18. The Morgan fingerprint density at radius 1 is 1.29 bits per heavy atom. The average Bonchev–Trinajstić information content (AvgIpc) is 2.80. The molecule has 0 saturated heterocycles. The number of anilines is 3. The number of halogens is 1. The molecular formula is C14H16FN5O. The molecule has 0 saturated carbocycles. The maximum atomic E-state index is 13.5. The second kappa shape index (κ2) is 5.16. The molecule has 0 amide bonds. The van der Waals surface area contributed by atoms with Gasteiger partial charge in [0, 0.05) is 6.54 Å². The van der Waals surface area contributed by atoms with Crippen molar-refractivity contribution < 1.29 is 9.13 Å². The van der Waals surface area contributed by atoms with Crippen LogP contribution in [0.2, 0.25) is 0 Å². The number of ether oxygens (including phenoxy) is 1. The molecule has 1 aliphatic heterocycles. The van der Waals surface area contributed by atoms with Crippen LogP contribution in [0.4, 0.5) is 22.0 Å². The van der Waals surface area contributed by atoms with E-state index in [2.05, 4.69) is 15.0 Å². The van der Waals surface area contributed by atoms with Crippen LogP contribution in [0.5, 0.6) is 6.01 Å². The molecule has 0 aliphatic carbocycles. The zero-order chi connectivity index (χ0) is 15.0. The van der Waals surface area contributed by atoms with Gasteiger partial charge < -0.3 is 15.4 Å². The standard InChI is InChI=1S/C14H16FN5O/c1-8(2)21-14-18-12(16)17-13(19-14)20-6-5-9-3-4-10(15)7-11(9)20/h3-4,7-8H,5-6H2,1-2H3,(H2,16,17,18,19). The number of nitrogens with two attached hydrogens (primary N) is 1. The van der Waals surface area contributed by atoms with E-state index in [0.29, 0.717) is 12.5 Å². The maximum absolute atomic E-state index is 13.5. The molecule has 1 aliphatic rings. The van der Waals surface area contributed by atoms with Gasteiger partial charge in [-0.3, -0.25) is 0 Å². The summed E-state index contributed by atoms with van der Waals surface area (Å²) in [5.41, 5.74) is 7.53. The van der Waals surface area contributed by atoms with Crippen molar-refractivity contribution in [2.45, 2.75) is 26.4 Å². The molecule has 0 spiro atoms. The van der Waals surface area contributed by atoms with Gasteiger partial charge in [-0.05, 0) is 38.0 Å². The number of benzene rings is 1. The minimum atomic E-state index is -0.290. The van der Waals surface area contributed by atoms with Crippen LogP contribution < -0.4 is 15.4 Å². The maximum Gasteiger partial charge on any atom is 0.323 e. The molecule has 1 aromatic heterocycles. The Bertz CT molecular complexity index is 676. The lowest BCUT2D eigenvalue weighted by atomic mass is 10.2. The van der Waals surface area contributed by atoms with Gasteiger partial charge in [0.15, 0.2) is 0 Å². The van der Waals surface area contributed by atoms with Crippen molar-refractivity contribution in [1.82, 2.24) is 15.0 Å². The highest BCUT2D eigenvalue weighted by Gasteiger charge is 2.24. The molecule has 0 atom stereocenters. The van der Waals surface area contributed by atoms with Crippen LogP contribution in [0.15, 0.2) is 18.2 Å². The second-order valence-corrected chi connectivity index (χ2v) is 5.12. The third kappa shape index (κ3) is 2.72. The van der Waals surface area contributed by atoms with Crippen LogP contribution in [-0.2, 0) is 6.42 Å². The van der Waals surface area contributed by atoms with Crippen molar-refractivity contribution >= 4 is 17.6 Å². The molecular weight excluding hydrogens is 273 g/mol. The minimum Gasteiger partial charge on any atom is -0.461 e. The highest BCUT2D eigenvalue weighted by Crippen LogP contribution is 2.33. The SMILES string of the molecule is CC(C)Oc1nc(N)nc(N2CCc3ccc(F)cc32)n1. The molecule has 2 heterocycles. The molecule has 0 bridgehead atoms. The quantitative estimate of drug-likeness (QED) is 0.932. The molecule has 2 aromatic rings. The summed E-state index contributed by atoms with van der Waals surface area (Å²) in [6.45, 7) is 4.42. The van der Waals surface area contributed by atoms with Crippen LogP contribution in [0.1, 0.15) is 19.4 Å². The predicted molar refractivity (Wildman–Crippen MR) is 77.1 cm³/mol. The lowest BCUT2D eigenvalue weighted by molar-refractivity contribution is 0.222. The average molecular weight is 289 g/mol. The van der Waals surface area contributed by atoms with E-state index in [1.165, 1.54) is 12.1 Å². The monoisotopic (exact) mass is 289 g/mol. The number of nitrogen functional groups attached to an aromatic ring is 1. The number of hydrogen-bond donors (Lipinski definition) is 1. The van der Waals surface area contributed by atoms with Gasteiger partial charge >= 0.3 is 6.01 Å². The Balaban J connectivity index is 1.99. The summed E-state index contributed by atoms with van der Waals surface area (Å²) in [6, 6.07) is 4.89. The fourth-order valence-corrected chi connectivity index (χ4v) is 2.31. The van der Waals surface area contributed by atoms with Gasteiger partial charge in [0.2, 0.25) is 11.9 Å². The van der Waals surface area contributed by atoms with E-state index < -0.39 is 0 Å². The molecule has 110 valence electrons. The van der Waals surface area contributed by atoms with Crippen LogP contribution in [0, 0.1) is 5.82 Å². The molecule has 3 rings (SSSR count). The summed E-state index contributed by atoms with van der Waals surface area (Å²) in [4.78, 5) is 14.2. The van der Waals surface area contributed by atoms with Crippen LogP contribution in [0.25, 0.3) is 0 Å². The Morgan fingerprint density at radius 3 is 2.86 bits per heavy atom. The van der Waals surface area contributed by atoms with Gasteiger partial charge in [0.25, 0.3) is 0 Å². The van der Waals surface area contributed by atoms with Gasteiger partial charge in [0.05, 0.1) is 11.8 Å². The summed E-state index contributed by atoms with van der Waals surface area (Å²) in [5, 5.41) is 0. The molecule has 21 heavy (non-hydrogen) atoms. The van der Waals surface area contributed by atoms with E-state index in [0.717, 1.165) is 17.7 Å². The number of rotatable bonds is 3. The molecule has 1 aromatic carbocycles. The Labute approximate surface area is 121 Å². The fourth-order valence-electron chi connectivity index (χ4n) is 2.31. The highest BCUT2D eigenvalue weighted by molar-refractivity contribution is 5.66. The molecule has 0 radical (unpaired) electrons. The first-order valence-corrected chi connectivity index (χ1v) is 6.77. The van der Waals surface area contributed by atoms with E-state index in [1.54, 1.807) is 6.07 Å². The normalized spacial score (nSPS) is 13.6. The molecule has 2 N–H and O–H groups in total. The van der Waals surface area contributed by atoms with Crippen molar-refractivity contribution in [2.75, 3.05) is 17.2 Å². The number of hydrogen-bond acceptors (Lipinski definition) is 6. The first-order valence-electron chi connectivity index (χ1n) is 6.77. The zero-order valence-corrected chi connectivity index (χ0v) is 11.9. The van der Waals surface area contributed by atoms with E-state index in [9.17, 15) is 4.39 Å². The zero-order valence-electron chi connectivity index (χ0n) is 11.9. The third-order valence-electron chi connectivity index (χ3n) is 3.15. The van der Waals surface area contributed by atoms with Crippen LogP contribution in [0.3, 0.4) is 0 Å². The second-order valence-electron chi connectivity index (χ2n) is 5.12. The van der Waals surface area contributed by atoms with Gasteiger partial charge in [-0.15, -0.1) is 0 Å². The van der Waals surface area contributed by atoms with Crippen molar-refractivity contribution in [1.29, 1.82) is 0 Å². The van der Waals surface area contributed by atoms with Gasteiger partial charge in [-0.2, -0.15) is 15.0 Å². The Hall–Kier alpha value is -2.44. The first kappa shape index (κ1) is 13.5. The summed E-state index contributed by atoms with van der Waals surface area (Å²) < 4.78 is 18.9. The van der Waals surface area contributed by atoms with Crippen LogP contribution >= 0.6 is 0 Å². The highest BCUT2D eigenvalue weighted by atomic mass is 19.1. The summed E-state index contributed by atoms with van der Waals surface area (Å²) in [6.07, 6.45) is 0.740.